The van der Waals surface area contributed by atoms with Crippen LogP contribution in [0.1, 0.15) is 24.5 Å². The zero-order chi connectivity index (χ0) is 14.9. The van der Waals surface area contributed by atoms with Crippen LogP contribution >= 0.6 is 23.2 Å². The van der Waals surface area contributed by atoms with Gasteiger partial charge in [0.2, 0.25) is 10.0 Å². The summed E-state index contributed by atoms with van der Waals surface area (Å²) < 4.78 is 32.2. The third kappa shape index (κ3) is 3.32. The second-order valence-electron chi connectivity index (χ2n) is 4.24. The van der Waals surface area contributed by atoms with Crippen molar-refractivity contribution in [1.29, 1.82) is 0 Å². The molecule has 108 valence electrons. The van der Waals surface area contributed by atoms with E-state index < -0.39 is 16.1 Å². The van der Waals surface area contributed by atoms with Crippen LogP contribution in [0.25, 0.3) is 0 Å². The highest BCUT2D eigenvalue weighted by atomic mass is 35.5. The van der Waals surface area contributed by atoms with Crippen LogP contribution in [0.5, 0.6) is 0 Å². The van der Waals surface area contributed by atoms with Crippen LogP contribution in [0.2, 0.25) is 10.2 Å². The topological polar surface area (TPSA) is 72.2 Å². The molecule has 5 nitrogen and oxygen atoms in total. The van der Waals surface area contributed by atoms with Crippen LogP contribution in [0.15, 0.2) is 33.7 Å². The molecule has 0 aromatic carbocycles. The lowest BCUT2D eigenvalue weighted by Gasteiger charge is -2.12. The molecule has 8 heteroatoms. The van der Waals surface area contributed by atoms with Crippen molar-refractivity contribution in [2.45, 2.75) is 24.8 Å². The first kappa shape index (κ1) is 15.3. The van der Waals surface area contributed by atoms with E-state index in [9.17, 15) is 8.42 Å². The van der Waals surface area contributed by atoms with E-state index >= 15 is 0 Å². The molecular weight excluding hydrogens is 323 g/mol. The van der Waals surface area contributed by atoms with Crippen molar-refractivity contribution in [2.24, 2.45) is 0 Å². The van der Waals surface area contributed by atoms with E-state index in [2.05, 4.69) is 9.71 Å². The van der Waals surface area contributed by atoms with Gasteiger partial charge in [-0.2, -0.15) is 0 Å². The largest absolute Gasteiger partial charge is 0.465 e. The summed E-state index contributed by atoms with van der Waals surface area (Å²) in [7, 11) is -3.75. The Morgan fingerprint density at radius 2 is 2.05 bits per heavy atom. The van der Waals surface area contributed by atoms with Crippen LogP contribution in [0, 0.1) is 6.92 Å². The van der Waals surface area contributed by atoms with Gasteiger partial charge in [0.1, 0.15) is 21.6 Å². The fourth-order valence-electron chi connectivity index (χ4n) is 1.60. The molecule has 0 bridgehead atoms. The summed E-state index contributed by atoms with van der Waals surface area (Å²) in [6.07, 6.45) is 1.15. The first-order valence-corrected chi connectivity index (χ1v) is 7.93. The van der Waals surface area contributed by atoms with Gasteiger partial charge in [-0.25, -0.2) is 18.1 Å². The van der Waals surface area contributed by atoms with Gasteiger partial charge in [0.25, 0.3) is 0 Å². The summed E-state index contributed by atoms with van der Waals surface area (Å²) in [6.45, 7) is 3.47. The van der Waals surface area contributed by atoms with E-state index in [-0.39, 0.29) is 15.1 Å². The highest BCUT2D eigenvalue weighted by molar-refractivity contribution is 7.89. The lowest BCUT2D eigenvalue weighted by Crippen LogP contribution is -2.26. The summed E-state index contributed by atoms with van der Waals surface area (Å²) in [5.74, 6) is 1.24. The lowest BCUT2D eigenvalue weighted by atomic mass is 10.3. The molecule has 0 radical (unpaired) electrons. The standard InChI is InChI=1S/C12H12Cl2N2O3S/c1-7-3-4-11(19-7)8(2)16-20(17,18)9-5-10(13)12(14)15-6-9/h3-6,8,16H,1-2H3. The number of hydrogen-bond acceptors (Lipinski definition) is 4. The van der Waals surface area contributed by atoms with Gasteiger partial charge in [-0.15, -0.1) is 0 Å². The maximum Gasteiger partial charge on any atom is 0.242 e. The van der Waals surface area contributed by atoms with E-state index in [1.165, 1.54) is 6.07 Å². The van der Waals surface area contributed by atoms with Crippen molar-refractivity contribution in [1.82, 2.24) is 9.71 Å². The van der Waals surface area contributed by atoms with Gasteiger partial charge in [0, 0.05) is 6.20 Å². The average Bonchev–Trinajstić information content (AvgIpc) is 2.79. The SMILES string of the molecule is Cc1ccc(C(C)NS(=O)(=O)c2cnc(Cl)c(Cl)c2)o1. The van der Waals surface area contributed by atoms with Crippen molar-refractivity contribution in [2.75, 3.05) is 0 Å². The van der Waals surface area contributed by atoms with E-state index in [0.717, 1.165) is 6.20 Å². The summed E-state index contributed by atoms with van der Waals surface area (Å²) in [6, 6.07) is 4.22. The third-order valence-corrected chi connectivity index (χ3v) is 4.80. The van der Waals surface area contributed by atoms with Gasteiger partial charge in [0.15, 0.2) is 0 Å². The second-order valence-corrected chi connectivity index (χ2v) is 6.71. The fraction of sp³-hybridized carbons (Fsp3) is 0.250. The molecule has 2 rings (SSSR count). The number of nitrogens with one attached hydrogen (secondary N) is 1. The van der Waals surface area contributed by atoms with E-state index in [1.54, 1.807) is 26.0 Å². The van der Waals surface area contributed by atoms with Crippen LogP contribution in [0.3, 0.4) is 0 Å². The van der Waals surface area contributed by atoms with Crippen molar-refractivity contribution in [3.8, 4) is 0 Å². The lowest BCUT2D eigenvalue weighted by molar-refractivity contribution is 0.441. The Balaban J connectivity index is 2.24. The quantitative estimate of drug-likeness (QED) is 0.870. The Kier molecular flexibility index (Phi) is 4.39. The van der Waals surface area contributed by atoms with Crippen molar-refractivity contribution in [3.63, 3.8) is 0 Å². The second kappa shape index (κ2) is 5.73. The number of rotatable bonds is 4. The number of hydrogen-bond donors (Lipinski definition) is 1. The molecule has 0 aliphatic rings. The minimum absolute atomic E-state index is 0.0537. The van der Waals surface area contributed by atoms with Gasteiger partial charge < -0.3 is 4.42 Å². The zero-order valence-corrected chi connectivity index (χ0v) is 13.1. The molecule has 0 aliphatic carbocycles. The molecule has 0 fully saturated rings. The van der Waals surface area contributed by atoms with Crippen LogP contribution < -0.4 is 4.72 Å². The van der Waals surface area contributed by atoms with Gasteiger partial charge >= 0.3 is 0 Å². The van der Waals surface area contributed by atoms with Crippen molar-refractivity contribution < 1.29 is 12.8 Å². The fourth-order valence-corrected chi connectivity index (χ4v) is 3.11. The van der Waals surface area contributed by atoms with Gasteiger partial charge in [0.05, 0.1) is 11.1 Å². The number of pyridine rings is 1. The minimum atomic E-state index is -3.75. The predicted octanol–water partition coefficient (Wildman–Crippen LogP) is 3.33. The Morgan fingerprint density at radius 3 is 2.60 bits per heavy atom. The van der Waals surface area contributed by atoms with E-state index in [0.29, 0.717) is 11.5 Å². The summed E-state index contributed by atoms with van der Waals surface area (Å²) >= 11 is 11.4. The molecular formula is C12H12Cl2N2O3S. The number of aryl methyl sites for hydroxylation is 1. The highest BCUT2D eigenvalue weighted by Crippen LogP contribution is 2.24. The van der Waals surface area contributed by atoms with Crippen LogP contribution in [0.4, 0.5) is 0 Å². The van der Waals surface area contributed by atoms with Gasteiger partial charge in [-0.05, 0) is 32.0 Å². The molecule has 1 N–H and O–H groups in total. The molecule has 0 saturated carbocycles. The maximum absolute atomic E-state index is 12.2. The molecule has 0 amide bonds. The van der Waals surface area contributed by atoms with Crippen LogP contribution in [-0.2, 0) is 10.0 Å². The summed E-state index contributed by atoms with van der Waals surface area (Å²) in [4.78, 5) is 3.67. The Morgan fingerprint density at radius 1 is 1.35 bits per heavy atom. The first-order valence-electron chi connectivity index (χ1n) is 5.69. The smallest absolute Gasteiger partial charge is 0.242 e. The first-order chi connectivity index (χ1) is 9.29. The zero-order valence-electron chi connectivity index (χ0n) is 10.7. The average molecular weight is 335 g/mol. The van der Waals surface area contributed by atoms with E-state index in [1.807, 2.05) is 0 Å². The molecule has 2 heterocycles. The number of halogens is 2. The molecule has 1 unspecified atom stereocenters. The molecule has 2 aromatic heterocycles. The van der Waals surface area contributed by atoms with Crippen LogP contribution in [-0.4, -0.2) is 13.4 Å². The summed E-state index contributed by atoms with van der Waals surface area (Å²) in [5, 5.41) is 0.136. The molecule has 0 saturated heterocycles. The Bertz CT molecular complexity index is 728. The molecule has 1 atom stereocenters. The molecule has 20 heavy (non-hydrogen) atoms. The normalized spacial score (nSPS) is 13.4. The maximum atomic E-state index is 12.2. The highest BCUT2D eigenvalue weighted by Gasteiger charge is 2.21. The van der Waals surface area contributed by atoms with Gasteiger partial charge in [-0.1, -0.05) is 23.2 Å². The monoisotopic (exact) mass is 334 g/mol. The van der Waals surface area contributed by atoms with E-state index in [4.69, 9.17) is 27.6 Å². The molecule has 2 aromatic rings. The molecule has 0 spiro atoms. The van der Waals surface area contributed by atoms with Gasteiger partial charge in [-0.3, -0.25) is 0 Å². The van der Waals surface area contributed by atoms with Crippen molar-refractivity contribution in [3.05, 3.63) is 46.1 Å². The number of sulfonamides is 1. The Hall–Kier alpha value is -1.08. The minimum Gasteiger partial charge on any atom is -0.465 e. The predicted molar refractivity (Wildman–Crippen MR) is 76.4 cm³/mol. The molecule has 0 aliphatic heterocycles. The number of aromatic nitrogens is 1. The summed E-state index contributed by atoms with van der Waals surface area (Å²) in [5.41, 5.74) is 0. The number of furan rings is 1. The van der Waals surface area contributed by atoms with Crippen molar-refractivity contribution >= 4 is 33.2 Å². The Labute approximate surface area is 127 Å². The number of nitrogens with zero attached hydrogens (tertiary/aromatic N) is 1. The third-order valence-electron chi connectivity index (χ3n) is 2.60.